The lowest BCUT2D eigenvalue weighted by atomic mass is 10.2. The molecule has 0 fully saturated rings. The molecule has 0 aliphatic heterocycles. The van der Waals surface area contributed by atoms with Crippen LogP contribution in [-0.4, -0.2) is 4.98 Å². The second-order valence-electron chi connectivity index (χ2n) is 4.36. The number of pyridine rings is 1. The van der Waals surface area contributed by atoms with E-state index in [-0.39, 0.29) is 10.8 Å². The number of aryl methyl sites for hydroxylation is 2. The Morgan fingerprint density at radius 1 is 1.30 bits per heavy atom. The first-order chi connectivity index (χ1) is 9.27. The summed E-state index contributed by atoms with van der Waals surface area (Å²) in [5.74, 6) is 0.253. The van der Waals surface area contributed by atoms with Crippen molar-refractivity contribution in [1.82, 2.24) is 4.98 Å². The van der Waals surface area contributed by atoms with Crippen molar-refractivity contribution in [3.8, 4) is 0 Å². The maximum absolute atomic E-state index is 12.5. The van der Waals surface area contributed by atoms with Gasteiger partial charge in [-0.1, -0.05) is 11.6 Å². The summed E-state index contributed by atoms with van der Waals surface area (Å²) in [6.45, 7) is 4.52. The number of hydrogen-bond acceptors (Lipinski definition) is 3. The van der Waals surface area contributed by atoms with Gasteiger partial charge in [-0.15, -0.1) is 11.3 Å². The van der Waals surface area contributed by atoms with Gasteiger partial charge >= 0.3 is 6.18 Å². The number of hydrogen-bond donors (Lipinski definition) is 1. The predicted molar refractivity (Wildman–Crippen MR) is 75.4 cm³/mol. The summed E-state index contributed by atoms with van der Waals surface area (Å²) in [5, 5.41) is 2.91. The molecular formula is C13H12ClF3N2S. The monoisotopic (exact) mass is 320 g/mol. The van der Waals surface area contributed by atoms with Crippen LogP contribution in [0.1, 0.15) is 20.9 Å². The molecular weight excluding hydrogens is 309 g/mol. The topological polar surface area (TPSA) is 24.9 Å². The minimum atomic E-state index is -4.43. The summed E-state index contributed by atoms with van der Waals surface area (Å²) < 4.78 is 37.4. The average Bonchev–Trinajstić information content (AvgIpc) is 2.66. The van der Waals surface area contributed by atoms with E-state index in [1.54, 1.807) is 11.3 Å². The first-order valence-corrected chi connectivity index (χ1v) is 6.99. The Morgan fingerprint density at radius 2 is 2.00 bits per heavy atom. The molecule has 0 amide bonds. The molecule has 0 radical (unpaired) electrons. The van der Waals surface area contributed by atoms with Gasteiger partial charge in [-0.3, -0.25) is 0 Å². The molecule has 2 heterocycles. The van der Waals surface area contributed by atoms with E-state index in [1.165, 1.54) is 10.4 Å². The van der Waals surface area contributed by atoms with E-state index >= 15 is 0 Å². The maximum Gasteiger partial charge on any atom is 0.417 e. The lowest BCUT2D eigenvalue weighted by Crippen LogP contribution is -2.07. The van der Waals surface area contributed by atoms with E-state index in [4.69, 9.17) is 11.6 Å². The molecule has 0 saturated carbocycles. The first kappa shape index (κ1) is 15.1. The fourth-order valence-electron chi connectivity index (χ4n) is 1.63. The molecule has 0 spiro atoms. The summed E-state index contributed by atoms with van der Waals surface area (Å²) >= 11 is 7.45. The Bertz CT molecular complexity index is 603. The summed E-state index contributed by atoms with van der Waals surface area (Å²) in [4.78, 5) is 6.03. The van der Waals surface area contributed by atoms with Gasteiger partial charge in [0.15, 0.2) is 0 Å². The van der Waals surface area contributed by atoms with E-state index in [1.807, 2.05) is 19.9 Å². The highest BCUT2D eigenvalue weighted by Crippen LogP contribution is 2.32. The minimum Gasteiger partial charge on any atom is -0.364 e. The highest BCUT2D eigenvalue weighted by Gasteiger charge is 2.31. The van der Waals surface area contributed by atoms with Crippen LogP contribution in [0.5, 0.6) is 0 Å². The summed E-state index contributed by atoms with van der Waals surface area (Å²) in [5.41, 5.74) is 0.342. The van der Waals surface area contributed by atoms with Crippen LogP contribution in [0.3, 0.4) is 0 Å². The lowest BCUT2D eigenvalue weighted by Gasteiger charge is -2.10. The van der Waals surface area contributed by atoms with Crippen molar-refractivity contribution in [3.05, 3.63) is 44.2 Å². The normalized spacial score (nSPS) is 11.7. The van der Waals surface area contributed by atoms with Gasteiger partial charge in [0.25, 0.3) is 0 Å². The fourth-order valence-corrected chi connectivity index (χ4v) is 2.86. The molecule has 0 unspecified atom stereocenters. The Kier molecular flexibility index (Phi) is 4.25. The van der Waals surface area contributed by atoms with E-state index in [2.05, 4.69) is 10.3 Å². The molecule has 2 rings (SSSR count). The van der Waals surface area contributed by atoms with Crippen molar-refractivity contribution in [2.75, 3.05) is 5.32 Å². The van der Waals surface area contributed by atoms with Crippen LogP contribution in [0.2, 0.25) is 5.02 Å². The summed E-state index contributed by atoms with van der Waals surface area (Å²) in [7, 11) is 0. The second kappa shape index (κ2) is 5.61. The highest BCUT2D eigenvalue weighted by molar-refractivity contribution is 7.12. The fraction of sp³-hybridized carbons (Fsp3) is 0.308. The SMILES string of the molecule is Cc1cc(CNc2ncc(C(F)(F)F)cc2Cl)sc1C. The number of halogens is 4. The predicted octanol–water partition coefficient (Wildman–Crippen LogP) is 5.04. The quantitative estimate of drug-likeness (QED) is 0.856. The molecule has 0 aliphatic carbocycles. The number of nitrogens with zero attached hydrogens (tertiary/aromatic N) is 1. The Labute approximate surface area is 123 Å². The van der Waals surface area contributed by atoms with Crippen LogP contribution < -0.4 is 5.32 Å². The van der Waals surface area contributed by atoms with Crippen LogP contribution in [0.4, 0.5) is 19.0 Å². The van der Waals surface area contributed by atoms with Crippen LogP contribution in [0, 0.1) is 13.8 Å². The molecule has 2 aromatic rings. The Balaban J connectivity index is 2.10. The standard InChI is InChI=1S/C13H12ClF3N2S/c1-7-3-10(20-8(7)2)6-19-12-11(14)4-9(5-18-12)13(15,16)17/h3-5H,6H2,1-2H3,(H,18,19). The summed E-state index contributed by atoms with van der Waals surface area (Å²) in [6.07, 6.45) is -3.66. The zero-order chi connectivity index (χ0) is 14.9. The van der Waals surface area contributed by atoms with Gasteiger partial charge < -0.3 is 5.32 Å². The van der Waals surface area contributed by atoms with Crippen molar-refractivity contribution in [1.29, 1.82) is 0 Å². The third-order valence-electron chi connectivity index (χ3n) is 2.82. The number of rotatable bonds is 3. The van der Waals surface area contributed by atoms with Crippen molar-refractivity contribution in [2.45, 2.75) is 26.6 Å². The van der Waals surface area contributed by atoms with Gasteiger partial charge in [-0.25, -0.2) is 4.98 Å². The number of thiophene rings is 1. The number of anilines is 1. The molecule has 7 heteroatoms. The number of nitrogens with one attached hydrogen (secondary N) is 1. The smallest absolute Gasteiger partial charge is 0.364 e. The van der Waals surface area contributed by atoms with Gasteiger partial charge in [0.1, 0.15) is 5.82 Å². The molecule has 1 N–H and O–H groups in total. The molecule has 0 bridgehead atoms. The van der Waals surface area contributed by atoms with E-state index in [9.17, 15) is 13.2 Å². The molecule has 2 nitrogen and oxygen atoms in total. The molecule has 0 aliphatic rings. The van der Waals surface area contributed by atoms with E-state index in [0.29, 0.717) is 6.54 Å². The third kappa shape index (κ3) is 3.43. The molecule has 0 aromatic carbocycles. The van der Waals surface area contributed by atoms with E-state index in [0.717, 1.165) is 17.1 Å². The Morgan fingerprint density at radius 3 is 2.50 bits per heavy atom. The van der Waals surface area contributed by atoms with Crippen molar-refractivity contribution < 1.29 is 13.2 Å². The minimum absolute atomic E-state index is 0.0372. The molecule has 20 heavy (non-hydrogen) atoms. The molecule has 2 aromatic heterocycles. The largest absolute Gasteiger partial charge is 0.417 e. The first-order valence-electron chi connectivity index (χ1n) is 5.80. The number of alkyl halides is 3. The zero-order valence-corrected chi connectivity index (χ0v) is 12.4. The van der Waals surface area contributed by atoms with Crippen molar-refractivity contribution in [2.24, 2.45) is 0 Å². The summed E-state index contributed by atoms with van der Waals surface area (Å²) in [6, 6.07) is 2.91. The van der Waals surface area contributed by atoms with Gasteiger partial charge in [0, 0.05) is 16.0 Å². The molecule has 108 valence electrons. The van der Waals surface area contributed by atoms with Gasteiger partial charge in [-0.2, -0.15) is 13.2 Å². The number of aromatic nitrogens is 1. The maximum atomic E-state index is 12.5. The van der Waals surface area contributed by atoms with Gasteiger partial charge in [0.05, 0.1) is 17.1 Å². The second-order valence-corrected chi connectivity index (χ2v) is 6.11. The van der Waals surface area contributed by atoms with Crippen molar-refractivity contribution >= 4 is 28.8 Å². The lowest BCUT2D eigenvalue weighted by molar-refractivity contribution is -0.137. The zero-order valence-electron chi connectivity index (χ0n) is 10.8. The van der Waals surface area contributed by atoms with Gasteiger partial charge in [-0.05, 0) is 31.5 Å². The Hall–Kier alpha value is -1.27. The average molecular weight is 321 g/mol. The van der Waals surface area contributed by atoms with Crippen LogP contribution in [0.25, 0.3) is 0 Å². The van der Waals surface area contributed by atoms with Gasteiger partial charge in [0.2, 0.25) is 0 Å². The highest BCUT2D eigenvalue weighted by atomic mass is 35.5. The third-order valence-corrected chi connectivity index (χ3v) is 4.26. The van der Waals surface area contributed by atoms with Crippen molar-refractivity contribution in [3.63, 3.8) is 0 Å². The van der Waals surface area contributed by atoms with E-state index < -0.39 is 11.7 Å². The van der Waals surface area contributed by atoms with Crippen LogP contribution >= 0.6 is 22.9 Å². The molecule has 0 saturated heterocycles. The van der Waals surface area contributed by atoms with Crippen LogP contribution in [-0.2, 0) is 12.7 Å². The molecule has 0 atom stereocenters. The van der Waals surface area contributed by atoms with Crippen LogP contribution in [0.15, 0.2) is 18.3 Å².